The Morgan fingerprint density at radius 2 is 2.00 bits per heavy atom. The molecule has 0 saturated carbocycles. The molecule has 0 spiro atoms. The number of hydrogen-bond donors (Lipinski definition) is 1. The molecule has 0 unspecified atom stereocenters. The number of halogens is 3. The van der Waals surface area contributed by atoms with Crippen LogP contribution in [0.4, 0.5) is 13.2 Å². The highest BCUT2D eigenvalue weighted by atomic mass is 19.4. The molecule has 0 radical (unpaired) electrons. The summed E-state index contributed by atoms with van der Waals surface area (Å²) in [5.41, 5.74) is 0.0519. The maximum absolute atomic E-state index is 13.3. The third kappa shape index (κ3) is 3.41. The summed E-state index contributed by atoms with van der Waals surface area (Å²) in [6.45, 7) is 1.24. The Hall–Kier alpha value is -2.41. The lowest BCUT2D eigenvalue weighted by Crippen LogP contribution is -2.50. The second kappa shape index (κ2) is 6.60. The molecule has 1 saturated heterocycles. The van der Waals surface area contributed by atoms with Crippen LogP contribution >= 0.6 is 0 Å². The minimum atomic E-state index is -4.51. The van der Waals surface area contributed by atoms with Gasteiger partial charge in [0, 0.05) is 32.0 Å². The van der Waals surface area contributed by atoms with E-state index in [-0.39, 0.29) is 5.56 Å². The number of amides is 1. The molecule has 4 nitrogen and oxygen atoms in total. The summed E-state index contributed by atoms with van der Waals surface area (Å²) in [6.07, 6.45) is -1.23. The molecule has 1 fully saturated rings. The fourth-order valence-electron chi connectivity index (χ4n) is 2.94. The summed E-state index contributed by atoms with van der Waals surface area (Å²) in [4.78, 5) is 18.1. The lowest BCUT2D eigenvalue weighted by molar-refractivity contribution is -0.140. The molecule has 1 amide bonds. The van der Waals surface area contributed by atoms with Crippen LogP contribution in [-0.2, 0) is 17.5 Å². The van der Waals surface area contributed by atoms with Gasteiger partial charge in [0.25, 0.3) is 0 Å². The molecule has 7 heteroatoms. The first-order valence-corrected chi connectivity index (χ1v) is 7.53. The van der Waals surface area contributed by atoms with Gasteiger partial charge in [0.15, 0.2) is 0 Å². The van der Waals surface area contributed by atoms with E-state index in [4.69, 9.17) is 0 Å². The number of alkyl halides is 3. The van der Waals surface area contributed by atoms with Crippen molar-refractivity contribution < 1.29 is 18.0 Å². The number of aromatic nitrogens is 1. The van der Waals surface area contributed by atoms with Crippen LogP contribution in [-0.4, -0.2) is 28.9 Å². The predicted octanol–water partition coefficient (Wildman–Crippen LogP) is 2.77. The molecule has 2 heterocycles. The third-order valence-electron chi connectivity index (χ3n) is 3.98. The van der Waals surface area contributed by atoms with Crippen LogP contribution in [0.15, 0.2) is 48.8 Å². The Labute approximate surface area is 137 Å². The summed E-state index contributed by atoms with van der Waals surface area (Å²) < 4.78 is 40.0. The average molecular weight is 335 g/mol. The van der Waals surface area contributed by atoms with Crippen molar-refractivity contribution in [3.63, 3.8) is 0 Å². The van der Waals surface area contributed by atoms with Crippen molar-refractivity contribution in [2.45, 2.75) is 18.8 Å². The molecule has 1 aromatic heterocycles. The van der Waals surface area contributed by atoms with Crippen molar-refractivity contribution in [3.05, 3.63) is 65.5 Å². The second-order valence-corrected chi connectivity index (χ2v) is 5.61. The number of pyridine rings is 1. The monoisotopic (exact) mass is 335 g/mol. The zero-order valence-corrected chi connectivity index (χ0v) is 12.8. The van der Waals surface area contributed by atoms with Crippen molar-refractivity contribution in [1.29, 1.82) is 0 Å². The van der Waals surface area contributed by atoms with Crippen LogP contribution in [0, 0.1) is 0 Å². The van der Waals surface area contributed by atoms with Crippen LogP contribution in [0.1, 0.15) is 22.7 Å². The van der Waals surface area contributed by atoms with E-state index in [0.29, 0.717) is 19.6 Å². The van der Waals surface area contributed by atoms with E-state index < -0.39 is 23.7 Å². The van der Waals surface area contributed by atoms with Gasteiger partial charge in [-0.3, -0.25) is 14.7 Å². The zero-order chi connectivity index (χ0) is 17.2. The van der Waals surface area contributed by atoms with E-state index >= 15 is 0 Å². The van der Waals surface area contributed by atoms with Gasteiger partial charge in [-0.05, 0) is 23.3 Å². The number of benzene rings is 1. The van der Waals surface area contributed by atoms with Gasteiger partial charge >= 0.3 is 6.18 Å². The third-order valence-corrected chi connectivity index (χ3v) is 3.98. The maximum atomic E-state index is 13.3. The fraction of sp³-hybridized carbons (Fsp3) is 0.294. The van der Waals surface area contributed by atoms with Gasteiger partial charge < -0.3 is 5.32 Å². The van der Waals surface area contributed by atoms with Crippen LogP contribution in [0.2, 0.25) is 0 Å². The molecule has 0 aliphatic carbocycles. The maximum Gasteiger partial charge on any atom is 0.416 e. The van der Waals surface area contributed by atoms with Gasteiger partial charge in [-0.2, -0.15) is 13.2 Å². The molecule has 0 bridgehead atoms. The molecular weight excluding hydrogens is 319 g/mol. The highest BCUT2D eigenvalue weighted by Crippen LogP contribution is 2.37. The molecule has 24 heavy (non-hydrogen) atoms. The fourth-order valence-corrected chi connectivity index (χ4v) is 2.94. The molecule has 3 rings (SSSR count). The standard InChI is InChI=1S/C17H16F3N3O/c18-17(19,20)14-6-2-1-5-13(14)15-16(24)22-8-9-23(15)11-12-4-3-7-21-10-12/h1-7,10,15H,8-9,11H2,(H,22,24)/t15-/m0/s1. The Bertz CT molecular complexity index is 719. The minimum absolute atomic E-state index is 0.0221. The Kier molecular flexibility index (Phi) is 4.53. The lowest BCUT2D eigenvalue weighted by atomic mass is 9.96. The Morgan fingerprint density at radius 3 is 2.71 bits per heavy atom. The van der Waals surface area contributed by atoms with Crippen molar-refractivity contribution in [2.75, 3.05) is 13.1 Å². The summed E-state index contributed by atoms with van der Waals surface area (Å²) >= 11 is 0. The largest absolute Gasteiger partial charge is 0.416 e. The van der Waals surface area contributed by atoms with E-state index in [9.17, 15) is 18.0 Å². The average Bonchev–Trinajstić information content (AvgIpc) is 2.55. The van der Waals surface area contributed by atoms with Gasteiger partial charge in [-0.15, -0.1) is 0 Å². The van der Waals surface area contributed by atoms with Gasteiger partial charge in [0.2, 0.25) is 5.91 Å². The topological polar surface area (TPSA) is 45.2 Å². The van der Waals surface area contributed by atoms with Crippen LogP contribution in [0.25, 0.3) is 0 Å². The van der Waals surface area contributed by atoms with E-state index in [0.717, 1.165) is 11.6 Å². The van der Waals surface area contributed by atoms with E-state index in [1.165, 1.54) is 18.2 Å². The first kappa shape index (κ1) is 16.4. The number of nitrogens with zero attached hydrogens (tertiary/aromatic N) is 2. The van der Waals surface area contributed by atoms with Crippen LogP contribution in [0.3, 0.4) is 0 Å². The number of carbonyl (C=O) groups is 1. The minimum Gasteiger partial charge on any atom is -0.353 e. The lowest BCUT2D eigenvalue weighted by Gasteiger charge is -2.36. The number of hydrogen-bond acceptors (Lipinski definition) is 3. The van der Waals surface area contributed by atoms with Crippen molar-refractivity contribution in [1.82, 2.24) is 15.2 Å². The van der Waals surface area contributed by atoms with Crippen molar-refractivity contribution >= 4 is 5.91 Å². The van der Waals surface area contributed by atoms with E-state index in [1.54, 1.807) is 23.4 Å². The quantitative estimate of drug-likeness (QED) is 0.938. The van der Waals surface area contributed by atoms with Crippen molar-refractivity contribution in [3.8, 4) is 0 Å². The molecule has 1 N–H and O–H groups in total. The smallest absolute Gasteiger partial charge is 0.353 e. The molecule has 1 atom stereocenters. The Morgan fingerprint density at radius 1 is 1.21 bits per heavy atom. The van der Waals surface area contributed by atoms with E-state index in [1.807, 2.05) is 6.07 Å². The predicted molar refractivity (Wildman–Crippen MR) is 81.8 cm³/mol. The van der Waals surface area contributed by atoms with Gasteiger partial charge in [-0.1, -0.05) is 24.3 Å². The SMILES string of the molecule is O=C1NCCN(Cc2cccnc2)[C@H]1c1ccccc1C(F)(F)F. The summed E-state index contributed by atoms with van der Waals surface area (Å²) in [7, 11) is 0. The molecule has 1 aliphatic heterocycles. The normalized spacial score (nSPS) is 19.1. The highest BCUT2D eigenvalue weighted by Gasteiger charge is 2.39. The number of nitrogens with one attached hydrogen (secondary N) is 1. The van der Waals surface area contributed by atoms with Gasteiger partial charge in [-0.25, -0.2) is 0 Å². The molecule has 126 valence electrons. The highest BCUT2D eigenvalue weighted by molar-refractivity contribution is 5.84. The number of rotatable bonds is 3. The second-order valence-electron chi connectivity index (χ2n) is 5.61. The first-order valence-electron chi connectivity index (χ1n) is 7.53. The zero-order valence-electron chi connectivity index (χ0n) is 12.8. The molecule has 1 aliphatic rings. The van der Waals surface area contributed by atoms with Crippen molar-refractivity contribution in [2.24, 2.45) is 0 Å². The number of carbonyl (C=O) groups excluding carboxylic acids is 1. The number of piperazine rings is 1. The van der Waals surface area contributed by atoms with Crippen LogP contribution in [0.5, 0.6) is 0 Å². The van der Waals surface area contributed by atoms with Gasteiger partial charge in [0.1, 0.15) is 6.04 Å². The summed E-state index contributed by atoms with van der Waals surface area (Å²) in [5.74, 6) is -0.415. The van der Waals surface area contributed by atoms with E-state index in [2.05, 4.69) is 10.3 Å². The molecule has 1 aromatic carbocycles. The summed E-state index contributed by atoms with van der Waals surface area (Å²) in [5, 5.41) is 2.66. The molecule has 2 aromatic rings. The summed E-state index contributed by atoms with van der Waals surface area (Å²) in [6, 6.07) is 7.86. The van der Waals surface area contributed by atoms with Crippen LogP contribution < -0.4 is 5.32 Å². The first-order chi connectivity index (χ1) is 11.5. The molecular formula is C17H16F3N3O. The Balaban J connectivity index is 1.98. The van der Waals surface area contributed by atoms with Gasteiger partial charge in [0.05, 0.1) is 5.56 Å².